The first-order valence-electron chi connectivity index (χ1n) is 7.04. The van der Waals surface area contributed by atoms with Crippen LogP contribution in [0.15, 0.2) is 0 Å². The summed E-state index contributed by atoms with van der Waals surface area (Å²) >= 11 is 0. The van der Waals surface area contributed by atoms with Crippen molar-refractivity contribution in [3.63, 3.8) is 0 Å². The van der Waals surface area contributed by atoms with Crippen molar-refractivity contribution in [1.29, 1.82) is 0 Å². The summed E-state index contributed by atoms with van der Waals surface area (Å²) in [6.45, 7) is 6.09. The molecule has 3 atom stereocenters. The summed E-state index contributed by atoms with van der Waals surface area (Å²) in [6.07, 6.45) is 7.67. The van der Waals surface area contributed by atoms with Gasteiger partial charge in [0.1, 0.15) is 5.54 Å². The fourth-order valence-electron chi connectivity index (χ4n) is 3.04. The lowest BCUT2D eigenvalue weighted by Gasteiger charge is -2.38. The van der Waals surface area contributed by atoms with Gasteiger partial charge in [-0.25, -0.2) is 0 Å². The van der Waals surface area contributed by atoms with E-state index in [9.17, 15) is 9.90 Å². The van der Waals surface area contributed by atoms with E-state index in [4.69, 9.17) is 0 Å². The van der Waals surface area contributed by atoms with Crippen LogP contribution in [0.4, 0.5) is 0 Å². The summed E-state index contributed by atoms with van der Waals surface area (Å²) in [5.74, 6) is -0.0564. The van der Waals surface area contributed by atoms with Crippen LogP contribution in [0.25, 0.3) is 0 Å². The zero-order chi connectivity index (χ0) is 12.9. The molecule has 3 unspecified atom stereocenters. The quantitative estimate of drug-likeness (QED) is 0.751. The lowest BCUT2D eigenvalue weighted by atomic mass is 9.81. The Morgan fingerprint density at radius 3 is 2.53 bits per heavy atom. The van der Waals surface area contributed by atoms with Crippen molar-refractivity contribution in [2.24, 2.45) is 5.92 Å². The second kappa shape index (κ2) is 6.39. The Morgan fingerprint density at radius 2 is 2.00 bits per heavy atom. The highest BCUT2D eigenvalue weighted by Gasteiger charge is 2.36. The summed E-state index contributed by atoms with van der Waals surface area (Å²) in [7, 11) is 0. The van der Waals surface area contributed by atoms with Crippen LogP contribution in [-0.2, 0) is 4.79 Å². The highest BCUT2D eigenvalue weighted by molar-refractivity contribution is 5.78. The highest BCUT2D eigenvalue weighted by atomic mass is 16.4. The molecule has 0 aliphatic heterocycles. The fourth-order valence-corrected chi connectivity index (χ4v) is 3.04. The van der Waals surface area contributed by atoms with E-state index in [-0.39, 0.29) is 0 Å². The minimum absolute atomic E-state index is 0.390. The van der Waals surface area contributed by atoms with Crippen LogP contribution in [0.3, 0.4) is 0 Å². The third kappa shape index (κ3) is 3.70. The molecule has 100 valence electrons. The number of nitrogens with one attached hydrogen (secondary N) is 1. The molecule has 0 heterocycles. The summed E-state index contributed by atoms with van der Waals surface area (Å²) in [6, 6.07) is 0.390. The van der Waals surface area contributed by atoms with Crippen molar-refractivity contribution in [3.05, 3.63) is 0 Å². The van der Waals surface area contributed by atoms with Crippen LogP contribution in [0.2, 0.25) is 0 Å². The monoisotopic (exact) mass is 241 g/mol. The molecule has 1 rings (SSSR count). The molecule has 3 nitrogen and oxygen atoms in total. The number of carboxylic acids is 1. The zero-order valence-electron chi connectivity index (χ0n) is 11.5. The van der Waals surface area contributed by atoms with Gasteiger partial charge in [-0.05, 0) is 32.1 Å². The Kier molecular flexibility index (Phi) is 5.44. The van der Waals surface area contributed by atoms with Gasteiger partial charge in [-0.15, -0.1) is 0 Å². The van der Waals surface area contributed by atoms with E-state index in [1.807, 2.05) is 13.8 Å². The van der Waals surface area contributed by atoms with E-state index in [1.54, 1.807) is 0 Å². The van der Waals surface area contributed by atoms with E-state index in [0.29, 0.717) is 18.4 Å². The van der Waals surface area contributed by atoms with E-state index in [0.717, 1.165) is 19.3 Å². The zero-order valence-corrected chi connectivity index (χ0v) is 11.5. The summed E-state index contributed by atoms with van der Waals surface area (Å²) in [5, 5.41) is 12.8. The van der Waals surface area contributed by atoms with Crippen LogP contribution >= 0.6 is 0 Å². The van der Waals surface area contributed by atoms with Crippen molar-refractivity contribution in [1.82, 2.24) is 5.32 Å². The molecule has 0 aromatic heterocycles. The maximum atomic E-state index is 11.4. The molecule has 0 spiro atoms. The Balaban J connectivity index is 2.67. The summed E-state index contributed by atoms with van der Waals surface area (Å²) in [4.78, 5) is 11.4. The summed E-state index contributed by atoms with van der Waals surface area (Å²) in [5.41, 5.74) is -0.746. The molecule has 1 aliphatic rings. The Bertz CT molecular complexity index is 255. The third-order valence-corrected chi connectivity index (χ3v) is 4.16. The first-order valence-corrected chi connectivity index (χ1v) is 7.04. The van der Waals surface area contributed by atoms with Crippen LogP contribution < -0.4 is 5.32 Å². The topological polar surface area (TPSA) is 49.3 Å². The average molecular weight is 241 g/mol. The lowest BCUT2D eigenvalue weighted by molar-refractivity contribution is -0.145. The van der Waals surface area contributed by atoms with Gasteiger partial charge < -0.3 is 5.11 Å². The predicted molar refractivity (Wildman–Crippen MR) is 70.1 cm³/mol. The Labute approximate surface area is 105 Å². The average Bonchev–Trinajstić information content (AvgIpc) is 2.30. The van der Waals surface area contributed by atoms with Gasteiger partial charge >= 0.3 is 5.97 Å². The molecule has 1 fully saturated rings. The van der Waals surface area contributed by atoms with Gasteiger partial charge in [-0.1, -0.05) is 39.5 Å². The van der Waals surface area contributed by atoms with Gasteiger partial charge in [0.2, 0.25) is 0 Å². The molecule has 17 heavy (non-hydrogen) atoms. The largest absolute Gasteiger partial charge is 0.480 e. The van der Waals surface area contributed by atoms with Crippen molar-refractivity contribution >= 4 is 5.97 Å². The second-order valence-corrected chi connectivity index (χ2v) is 5.59. The molecular formula is C14H27NO2. The van der Waals surface area contributed by atoms with Gasteiger partial charge in [0.15, 0.2) is 0 Å². The first kappa shape index (κ1) is 14.5. The van der Waals surface area contributed by atoms with Crippen LogP contribution in [0, 0.1) is 5.92 Å². The van der Waals surface area contributed by atoms with Gasteiger partial charge in [-0.3, -0.25) is 10.1 Å². The molecule has 0 aromatic rings. The third-order valence-electron chi connectivity index (χ3n) is 4.16. The smallest absolute Gasteiger partial charge is 0.323 e. The van der Waals surface area contributed by atoms with E-state index in [1.165, 1.54) is 19.3 Å². The molecular weight excluding hydrogens is 214 g/mol. The molecule has 1 saturated carbocycles. The van der Waals surface area contributed by atoms with Crippen molar-refractivity contribution in [3.8, 4) is 0 Å². The SMILES string of the molecule is CCCC(C)(NC1CCCCC1CC)C(=O)O. The molecule has 2 N–H and O–H groups in total. The normalized spacial score (nSPS) is 28.6. The highest BCUT2D eigenvalue weighted by Crippen LogP contribution is 2.29. The maximum Gasteiger partial charge on any atom is 0.323 e. The van der Waals surface area contributed by atoms with Gasteiger partial charge in [0, 0.05) is 6.04 Å². The molecule has 3 heteroatoms. The number of aliphatic carboxylic acids is 1. The van der Waals surface area contributed by atoms with Crippen LogP contribution in [0.1, 0.15) is 65.7 Å². The minimum atomic E-state index is -0.746. The number of carboxylic acid groups (broad SMARTS) is 1. The van der Waals surface area contributed by atoms with Crippen molar-refractivity contribution in [2.45, 2.75) is 77.3 Å². The van der Waals surface area contributed by atoms with Crippen LogP contribution in [-0.4, -0.2) is 22.7 Å². The molecule has 0 aromatic carbocycles. The van der Waals surface area contributed by atoms with Gasteiger partial charge in [-0.2, -0.15) is 0 Å². The predicted octanol–water partition coefficient (Wildman–Crippen LogP) is 3.19. The fraction of sp³-hybridized carbons (Fsp3) is 0.929. The molecule has 1 aliphatic carbocycles. The Hall–Kier alpha value is -0.570. The van der Waals surface area contributed by atoms with Crippen LogP contribution in [0.5, 0.6) is 0 Å². The van der Waals surface area contributed by atoms with E-state index < -0.39 is 11.5 Å². The molecule has 0 saturated heterocycles. The van der Waals surface area contributed by atoms with Gasteiger partial charge in [0.05, 0.1) is 0 Å². The van der Waals surface area contributed by atoms with Crippen molar-refractivity contribution < 1.29 is 9.90 Å². The minimum Gasteiger partial charge on any atom is -0.480 e. The van der Waals surface area contributed by atoms with E-state index >= 15 is 0 Å². The lowest BCUT2D eigenvalue weighted by Crippen LogP contribution is -2.56. The molecule has 0 radical (unpaired) electrons. The number of carbonyl (C=O) groups is 1. The number of hydrogen-bond acceptors (Lipinski definition) is 2. The Morgan fingerprint density at radius 1 is 1.35 bits per heavy atom. The van der Waals surface area contributed by atoms with Gasteiger partial charge in [0.25, 0.3) is 0 Å². The number of hydrogen-bond donors (Lipinski definition) is 2. The second-order valence-electron chi connectivity index (χ2n) is 5.59. The van der Waals surface area contributed by atoms with Crippen molar-refractivity contribution in [2.75, 3.05) is 0 Å². The van der Waals surface area contributed by atoms with E-state index in [2.05, 4.69) is 12.2 Å². The number of rotatable bonds is 6. The standard InChI is InChI=1S/C14H27NO2/c1-4-10-14(3,13(16)17)15-12-9-7-6-8-11(12)5-2/h11-12,15H,4-10H2,1-3H3,(H,16,17). The first-order chi connectivity index (χ1) is 8.03. The maximum absolute atomic E-state index is 11.4. The molecule has 0 bridgehead atoms. The molecule has 0 amide bonds. The summed E-state index contributed by atoms with van der Waals surface area (Å²) < 4.78 is 0.